The second-order valence-electron chi connectivity index (χ2n) is 6.20. The Labute approximate surface area is 118 Å². The second-order valence-corrected chi connectivity index (χ2v) is 7.18. The van der Waals surface area contributed by atoms with Crippen molar-refractivity contribution in [2.24, 2.45) is 5.92 Å². The van der Waals surface area contributed by atoms with Crippen LogP contribution in [0.15, 0.2) is 0 Å². The van der Waals surface area contributed by atoms with Gasteiger partial charge >= 0.3 is 0 Å². The number of nitrogens with zero attached hydrogens (tertiary/aromatic N) is 1. The van der Waals surface area contributed by atoms with E-state index in [0.29, 0.717) is 5.54 Å². The molecule has 1 fully saturated rings. The predicted octanol–water partition coefficient (Wildman–Crippen LogP) is 3.23. The van der Waals surface area contributed by atoms with Crippen LogP contribution in [-0.4, -0.2) is 49.6 Å². The van der Waals surface area contributed by atoms with Crippen LogP contribution in [0, 0.1) is 5.92 Å². The van der Waals surface area contributed by atoms with E-state index in [-0.39, 0.29) is 0 Å². The maximum atomic E-state index is 3.71. The highest BCUT2D eigenvalue weighted by atomic mass is 32.2. The van der Waals surface area contributed by atoms with E-state index in [1.54, 1.807) is 0 Å². The van der Waals surface area contributed by atoms with Crippen molar-refractivity contribution < 1.29 is 0 Å². The molecule has 0 aromatic carbocycles. The van der Waals surface area contributed by atoms with Gasteiger partial charge < -0.3 is 10.2 Å². The van der Waals surface area contributed by atoms with E-state index in [0.717, 1.165) is 5.92 Å². The van der Waals surface area contributed by atoms with Crippen molar-refractivity contribution in [1.29, 1.82) is 0 Å². The SMILES string of the molecule is CSCCCCNCC1(N(C)C)CCCC(C)C1. The highest BCUT2D eigenvalue weighted by Crippen LogP contribution is 2.35. The zero-order valence-electron chi connectivity index (χ0n) is 12.8. The molecule has 1 rings (SSSR count). The van der Waals surface area contributed by atoms with Gasteiger partial charge in [-0.3, -0.25) is 0 Å². The fourth-order valence-electron chi connectivity index (χ4n) is 3.17. The van der Waals surface area contributed by atoms with E-state index >= 15 is 0 Å². The number of hydrogen-bond acceptors (Lipinski definition) is 3. The fourth-order valence-corrected chi connectivity index (χ4v) is 3.67. The minimum Gasteiger partial charge on any atom is -0.315 e. The van der Waals surface area contributed by atoms with Gasteiger partial charge in [0.2, 0.25) is 0 Å². The van der Waals surface area contributed by atoms with Crippen molar-refractivity contribution in [3.63, 3.8) is 0 Å². The molecule has 0 aliphatic heterocycles. The average molecular weight is 273 g/mol. The van der Waals surface area contributed by atoms with Crippen LogP contribution in [0.2, 0.25) is 0 Å². The first-order valence-electron chi connectivity index (χ1n) is 7.48. The molecule has 0 radical (unpaired) electrons. The summed E-state index contributed by atoms with van der Waals surface area (Å²) in [6.07, 6.45) is 10.4. The second kappa shape index (κ2) is 8.44. The lowest BCUT2D eigenvalue weighted by atomic mass is 9.75. The lowest BCUT2D eigenvalue weighted by Crippen LogP contribution is -2.54. The van der Waals surface area contributed by atoms with Crippen molar-refractivity contribution >= 4 is 11.8 Å². The molecule has 0 heterocycles. The Kier molecular flexibility index (Phi) is 7.66. The monoisotopic (exact) mass is 272 g/mol. The molecule has 2 unspecified atom stereocenters. The molecule has 1 aliphatic rings. The minimum atomic E-state index is 0.414. The largest absolute Gasteiger partial charge is 0.315 e. The Hall–Kier alpha value is 0.270. The van der Waals surface area contributed by atoms with Crippen LogP contribution < -0.4 is 5.32 Å². The molecule has 0 aromatic heterocycles. The Morgan fingerprint density at radius 3 is 2.72 bits per heavy atom. The number of rotatable bonds is 8. The normalized spacial score (nSPS) is 28.8. The van der Waals surface area contributed by atoms with Crippen LogP contribution in [-0.2, 0) is 0 Å². The third kappa shape index (κ3) is 5.10. The third-order valence-electron chi connectivity index (χ3n) is 4.42. The number of likely N-dealkylation sites (N-methyl/N-ethyl adjacent to an activating group) is 1. The van der Waals surface area contributed by atoms with Crippen LogP contribution in [0.4, 0.5) is 0 Å². The molecule has 18 heavy (non-hydrogen) atoms. The minimum absolute atomic E-state index is 0.414. The van der Waals surface area contributed by atoms with E-state index in [9.17, 15) is 0 Å². The number of hydrogen-bond donors (Lipinski definition) is 1. The van der Waals surface area contributed by atoms with Gasteiger partial charge in [-0.1, -0.05) is 19.8 Å². The molecule has 2 atom stereocenters. The van der Waals surface area contributed by atoms with Gasteiger partial charge in [0.15, 0.2) is 0 Å². The van der Waals surface area contributed by atoms with Gasteiger partial charge in [-0.05, 0) is 64.2 Å². The molecule has 3 heteroatoms. The Morgan fingerprint density at radius 1 is 1.33 bits per heavy atom. The molecular weight excluding hydrogens is 240 g/mol. The van der Waals surface area contributed by atoms with Gasteiger partial charge in [0.05, 0.1) is 0 Å². The highest BCUT2D eigenvalue weighted by molar-refractivity contribution is 7.98. The molecule has 0 spiro atoms. The number of nitrogens with one attached hydrogen (secondary N) is 1. The summed E-state index contributed by atoms with van der Waals surface area (Å²) in [4.78, 5) is 2.47. The molecule has 108 valence electrons. The molecule has 1 N–H and O–H groups in total. The first kappa shape index (κ1) is 16.3. The molecule has 0 aromatic rings. The van der Waals surface area contributed by atoms with Crippen LogP contribution in [0.25, 0.3) is 0 Å². The smallest absolute Gasteiger partial charge is 0.0330 e. The van der Waals surface area contributed by atoms with Crippen molar-refractivity contribution in [1.82, 2.24) is 10.2 Å². The van der Waals surface area contributed by atoms with Crippen molar-refractivity contribution in [2.75, 3.05) is 39.2 Å². The first-order chi connectivity index (χ1) is 8.60. The van der Waals surface area contributed by atoms with Gasteiger partial charge in [0.1, 0.15) is 0 Å². The summed E-state index contributed by atoms with van der Waals surface area (Å²) < 4.78 is 0. The molecule has 0 saturated heterocycles. The van der Waals surface area contributed by atoms with Crippen LogP contribution in [0.3, 0.4) is 0 Å². The Balaban J connectivity index is 2.29. The molecule has 1 saturated carbocycles. The summed E-state index contributed by atoms with van der Waals surface area (Å²) in [5, 5.41) is 3.71. The summed E-state index contributed by atoms with van der Waals surface area (Å²) in [6.45, 7) is 4.77. The van der Waals surface area contributed by atoms with Crippen molar-refractivity contribution in [3.8, 4) is 0 Å². The summed E-state index contributed by atoms with van der Waals surface area (Å²) in [5.74, 6) is 2.19. The Morgan fingerprint density at radius 2 is 2.11 bits per heavy atom. The van der Waals surface area contributed by atoms with E-state index in [2.05, 4.69) is 37.5 Å². The standard InChI is InChI=1S/C15H32N2S/c1-14-8-7-9-15(12-14,17(2)3)13-16-10-5-6-11-18-4/h14,16H,5-13H2,1-4H3. The summed E-state index contributed by atoms with van der Waals surface area (Å²) in [5.41, 5.74) is 0.414. The summed E-state index contributed by atoms with van der Waals surface area (Å²) in [7, 11) is 4.51. The molecular formula is C15H32N2S. The quantitative estimate of drug-likeness (QED) is 0.683. The number of thioether (sulfide) groups is 1. The van der Waals surface area contributed by atoms with Gasteiger partial charge in [-0.15, -0.1) is 0 Å². The highest BCUT2D eigenvalue weighted by Gasteiger charge is 2.36. The van der Waals surface area contributed by atoms with Crippen LogP contribution in [0.5, 0.6) is 0 Å². The van der Waals surface area contributed by atoms with E-state index in [4.69, 9.17) is 0 Å². The molecule has 1 aliphatic carbocycles. The number of unbranched alkanes of at least 4 members (excludes halogenated alkanes) is 1. The maximum Gasteiger partial charge on any atom is 0.0330 e. The van der Waals surface area contributed by atoms with Crippen molar-refractivity contribution in [3.05, 3.63) is 0 Å². The lowest BCUT2D eigenvalue weighted by molar-refractivity contribution is 0.0754. The zero-order chi connectivity index (χ0) is 13.4. The predicted molar refractivity (Wildman–Crippen MR) is 84.5 cm³/mol. The molecule has 2 nitrogen and oxygen atoms in total. The van der Waals surface area contributed by atoms with Crippen LogP contribution in [0.1, 0.15) is 45.4 Å². The summed E-state index contributed by atoms with van der Waals surface area (Å²) >= 11 is 1.96. The van der Waals surface area contributed by atoms with E-state index in [1.807, 2.05) is 11.8 Å². The van der Waals surface area contributed by atoms with E-state index < -0.39 is 0 Å². The van der Waals surface area contributed by atoms with Gasteiger partial charge in [-0.25, -0.2) is 0 Å². The summed E-state index contributed by atoms with van der Waals surface area (Å²) in [6, 6.07) is 0. The van der Waals surface area contributed by atoms with Crippen molar-refractivity contribution in [2.45, 2.75) is 51.0 Å². The maximum absolute atomic E-state index is 3.71. The fraction of sp³-hybridized carbons (Fsp3) is 1.00. The van der Waals surface area contributed by atoms with E-state index in [1.165, 1.54) is 57.4 Å². The van der Waals surface area contributed by atoms with Gasteiger partial charge in [0.25, 0.3) is 0 Å². The Bertz CT molecular complexity index is 221. The lowest BCUT2D eigenvalue weighted by Gasteiger charge is -2.45. The molecule has 0 amide bonds. The van der Waals surface area contributed by atoms with Crippen LogP contribution >= 0.6 is 11.8 Å². The zero-order valence-corrected chi connectivity index (χ0v) is 13.6. The average Bonchev–Trinajstić information content (AvgIpc) is 2.33. The molecule has 0 bridgehead atoms. The topological polar surface area (TPSA) is 15.3 Å². The third-order valence-corrected chi connectivity index (χ3v) is 5.12. The first-order valence-corrected chi connectivity index (χ1v) is 8.87. The van der Waals surface area contributed by atoms with Gasteiger partial charge in [-0.2, -0.15) is 11.8 Å². The van der Waals surface area contributed by atoms with Gasteiger partial charge in [0, 0.05) is 12.1 Å².